The second kappa shape index (κ2) is 9.18. The van der Waals surface area contributed by atoms with Crippen molar-refractivity contribution in [2.75, 3.05) is 13.7 Å². The summed E-state index contributed by atoms with van der Waals surface area (Å²) in [6, 6.07) is 21.4. The topological polar surface area (TPSA) is 52.6 Å². The van der Waals surface area contributed by atoms with Crippen molar-refractivity contribution in [3.63, 3.8) is 0 Å². The van der Waals surface area contributed by atoms with Gasteiger partial charge < -0.3 is 9.47 Å². The van der Waals surface area contributed by atoms with Crippen LogP contribution in [0.25, 0.3) is 10.8 Å². The number of methoxy groups -OCH3 is 1. The molecule has 0 radical (unpaired) electrons. The molecular formula is C24H24O4. The van der Waals surface area contributed by atoms with Gasteiger partial charge in [-0.15, -0.1) is 0 Å². The fourth-order valence-electron chi connectivity index (χ4n) is 3.20. The summed E-state index contributed by atoms with van der Waals surface area (Å²) < 4.78 is 10.5. The number of Topliss-reactive ketones (excluding diaryl/α,β-unsaturated/α-hetero) is 1. The van der Waals surface area contributed by atoms with Gasteiger partial charge in [0.2, 0.25) is 0 Å². The molecule has 4 heteroatoms. The first-order chi connectivity index (χ1) is 13.6. The Bertz CT molecular complexity index is 963. The Morgan fingerprint density at radius 1 is 0.964 bits per heavy atom. The van der Waals surface area contributed by atoms with Crippen LogP contribution in [0.2, 0.25) is 0 Å². The van der Waals surface area contributed by atoms with Crippen LogP contribution in [0.5, 0.6) is 5.75 Å². The predicted molar refractivity (Wildman–Crippen MR) is 110 cm³/mol. The van der Waals surface area contributed by atoms with Crippen molar-refractivity contribution < 1.29 is 19.1 Å². The molecular weight excluding hydrogens is 352 g/mol. The minimum Gasteiger partial charge on any atom is -0.497 e. The van der Waals surface area contributed by atoms with Gasteiger partial charge >= 0.3 is 5.97 Å². The van der Waals surface area contributed by atoms with Gasteiger partial charge in [0, 0.05) is 6.42 Å². The zero-order valence-corrected chi connectivity index (χ0v) is 16.2. The van der Waals surface area contributed by atoms with Gasteiger partial charge in [0.05, 0.1) is 13.0 Å². The Balaban J connectivity index is 1.60. The van der Waals surface area contributed by atoms with Crippen molar-refractivity contribution in [3.05, 3.63) is 77.9 Å². The number of ketones is 1. The first-order valence-electron chi connectivity index (χ1n) is 9.37. The molecule has 1 unspecified atom stereocenters. The molecule has 0 aliphatic carbocycles. The molecule has 0 spiro atoms. The highest BCUT2D eigenvalue weighted by Crippen LogP contribution is 2.29. The summed E-state index contributed by atoms with van der Waals surface area (Å²) in [5.74, 6) is -0.161. The van der Waals surface area contributed by atoms with Gasteiger partial charge in [0.1, 0.15) is 12.4 Å². The van der Waals surface area contributed by atoms with E-state index in [1.165, 1.54) is 0 Å². The highest BCUT2D eigenvalue weighted by Gasteiger charge is 2.20. The van der Waals surface area contributed by atoms with Crippen molar-refractivity contribution in [1.82, 2.24) is 0 Å². The molecule has 3 aromatic rings. The van der Waals surface area contributed by atoms with Crippen LogP contribution in [0.15, 0.2) is 66.7 Å². The van der Waals surface area contributed by atoms with E-state index >= 15 is 0 Å². The second-order valence-electron chi connectivity index (χ2n) is 6.79. The van der Waals surface area contributed by atoms with Gasteiger partial charge in [0.15, 0.2) is 5.78 Å². The lowest BCUT2D eigenvalue weighted by atomic mass is 9.95. The summed E-state index contributed by atoms with van der Waals surface area (Å²) in [4.78, 5) is 24.6. The number of benzene rings is 3. The first kappa shape index (κ1) is 19.6. The number of hydrogen-bond acceptors (Lipinski definition) is 4. The number of ether oxygens (including phenoxy) is 2. The van der Waals surface area contributed by atoms with E-state index in [1.807, 2.05) is 66.7 Å². The van der Waals surface area contributed by atoms with E-state index in [9.17, 15) is 9.59 Å². The van der Waals surface area contributed by atoms with Crippen LogP contribution < -0.4 is 4.74 Å². The highest BCUT2D eigenvalue weighted by atomic mass is 16.5. The third-order valence-corrected chi connectivity index (χ3v) is 4.85. The molecule has 0 saturated heterocycles. The van der Waals surface area contributed by atoms with Crippen LogP contribution in [0.3, 0.4) is 0 Å². The standard InChI is InChI=1S/C24H24O4/c1-17(22-10-6-9-19-15-21(27-2)13-14-23(19)22)24(26)28-16-20(25)12-11-18-7-4-3-5-8-18/h3-10,13-15,17H,11-12,16H2,1-2H3. The lowest BCUT2D eigenvalue weighted by Crippen LogP contribution is -2.19. The summed E-state index contributed by atoms with van der Waals surface area (Å²) in [6.07, 6.45) is 1.01. The van der Waals surface area contributed by atoms with Crippen LogP contribution >= 0.6 is 0 Å². The number of hydrogen-bond donors (Lipinski definition) is 0. The average Bonchev–Trinajstić information content (AvgIpc) is 2.75. The van der Waals surface area contributed by atoms with Crippen molar-refractivity contribution in [2.24, 2.45) is 0 Å². The molecule has 0 aromatic heterocycles. The number of carbonyl (C=O) groups excluding carboxylic acids is 2. The van der Waals surface area contributed by atoms with Crippen LogP contribution in [-0.2, 0) is 20.7 Å². The van der Waals surface area contributed by atoms with Gasteiger partial charge in [-0.25, -0.2) is 0 Å². The maximum Gasteiger partial charge on any atom is 0.313 e. The van der Waals surface area contributed by atoms with E-state index < -0.39 is 11.9 Å². The van der Waals surface area contributed by atoms with Crippen LogP contribution in [0.1, 0.15) is 30.4 Å². The van der Waals surface area contributed by atoms with E-state index in [4.69, 9.17) is 9.47 Å². The van der Waals surface area contributed by atoms with E-state index in [0.717, 1.165) is 27.6 Å². The van der Waals surface area contributed by atoms with E-state index in [2.05, 4.69) is 0 Å². The minimum atomic E-state index is -0.459. The fourth-order valence-corrected chi connectivity index (χ4v) is 3.20. The summed E-state index contributed by atoms with van der Waals surface area (Å²) >= 11 is 0. The molecule has 144 valence electrons. The lowest BCUT2D eigenvalue weighted by Gasteiger charge is -2.14. The normalized spacial score (nSPS) is 11.8. The Morgan fingerprint density at radius 2 is 1.75 bits per heavy atom. The van der Waals surface area contributed by atoms with Crippen LogP contribution in [0, 0.1) is 0 Å². The molecule has 1 atom stereocenters. The molecule has 28 heavy (non-hydrogen) atoms. The Labute approximate surface area is 165 Å². The maximum atomic E-state index is 12.5. The van der Waals surface area contributed by atoms with Crippen LogP contribution in [0.4, 0.5) is 0 Å². The van der Waals surface area contributed by atoms with Crippen molar-refractivity contribution >= 4 is 22.5 Å². The molecule has 3 rings (SSSR count). The lowest BCUT2D eigenvalue weighted by molar-refractivity contribution is -0.149. The summed E-state index contributed by atoms with van der Waals surface area (Å²) in [5, 5.41) is 1.97. The molecule has 0 saturated carbocycles. The van der Waals surface area contributed by atoms with Crippen molar-refractivity contribution in [3.8, 4) is 5.75 Å². The molecule has 0 N–H and O–H groups in total. The number of aryl methyl sites for hydroxylation is 1. The Kier molecular flexibility index (Phi) is 6.43. The number of esters is 1. The van der Waals surface area contributed by atoms with Gasteiger partial charge in [-0.3, -0.25) is 9.59 Å². The Morgan fingerprint density at radius 3 is 2.50 bits per heavy atom. The Hall–Kier alpha value is -3.14. The zero-order chi connectivity index (χ0) is 19.9. The second-order valence-corrected chi connectivity index (χ2v) is 6.79. The molecule has 3 aromatic carbocycles. The third-order valence-electron chi connectivity index (χ3n) is 4.85. The first-order valence-corrected chi connectivity index (χ1v) is 9.37. The van der Waals surface area contributed by atoms with Crippen LogP contribution in [-0.4, -0.2) is 25.5 Å². The third kappa shape index (κ3) is 4.77. The maximum absolute atomic E-state index is 12.5. The summed E-state index contributed by atoms with van der Waals surface area (Å²) in [7, 11) is 1.62. The number of carbonyl (C=O) groups is 2. The van der Waals surface area contributed by atoms with E-state index in [1.54, 1.807) is 14.0 Å². The van der Waals surface area contributed by atoms with Gasteiger partial charge in [0.25, 0.3) is 0 Å². The summed E-state index contributed by atoms with van der Waals surface area (Å²) in [5.41, 5.74) is 1.98. The molecule has 0 heterocycles. The average molecular weight is 376 g/mol. The minimum absolute atomic E-state index is 0.0768. The zero-order valence-electron chi connectivity index (χ0n) is 16.2. The smallest absolute Gasteiger partial charge is 0.313 e. The van der Waals surface area contributed by atoms with Crippen molar-refractivity contribution in [2.45, 2.75) is 25.7 Å². The number of fused-ring (bicyclic) bond motifs is 1. The van der Waals surface area contributed by atoms with Gasteiger partial charge in [-0.2, -0.15) is 0 Å². The molecule has 4 nitrogen and oxygen atoms in total. The SMILES string of the molecule is COc1ccc2c(C(C)C(=O)OCC(=O)CCc3ccccc3)cccc2c1. The molecule has 0 aliphatic rings. The molecule has 0 fully saturated rings. The number of rotatable bonds is 8. The molecule has 0 bridgehead atoms. The highest BCUT2D eigenvalue weighted by molar-refractivity contribution is 5.92. The predicted octanol–water partition coefficient (Wildman–Crippen LogP) is 4.70. The molecule has 0 aliphatic heterocycles. The quantitative estimate of drug-likeness (QED) is 0.535. The molecule has 0 amide bonds. The van der Waals surface area contributed by atoms with Crippen molar-refractivity contribution in [1.29, 1.82) is 0 Å². The largest absolute Gasteiger partial charge is 0.497 e. The van der Waals surface area contributed by atoms with E-state index in [0.29, 0.717) is 12.8 Å². The van der Waals surface area contributed by atoms with E-state index in [-0.39, 0.29) is 12.4 Å². The summed E-state index contributed by atoms with van der Waals surface area (Å²) in [6.45, 7) is 1.62. The monoisotopic (exact) mass is 376 g/mol. The van der Waals surface area contributed by atoms with Gasteiger partial charge in [-0.05, 0) is 47.4 Å². The van der Waals surface area contributed by atoms with Gasteiger partial charge in [-0.1, -0.05) is 54.6 Å². The fraction of sp³-hybridized carbons (Fsp3) is 0.250.